The number of nitrogens with zero attached hydrogens (tertiary/aromatic N) is 1. The summed E-state index contributed by atoms with van der Waals surface area (Å²) >= 11 is 0. The van der Waals surface area contributed by atoms with E-state index in [9.17, 15) is 13.2 Å². The van der Waals surface area contributed by atoms with Crippen LogP contribution in [0.4, 0.5) is 5.69 Å². The largest absolute Gasteiger partial charge is 0.321 e. The highest BCUT2D eigenvalue weighted by atomic mass is 32.2. The molecule has 0 spiro atoms. The molecule has 180 valence electrons. The van der Waals surface area contributed by atoms with E-state index in [1.807, 2.05) is 63.2 Å². The number of fused-ring (bicyclic) bond motifs is 1. The van der Waals surface area contributed by atoms with Gasteiger partial charge in [0, 0.05) is 34.1 Å². The smallest absolute Gasteiger partial charge is 0.255 e. The molecule has 0 saturated carbocycles. The number of carbonyl (C=O) groups is 1. The number of piperidine rings is 1. The van der Waals surface area contributed by atoms with Gasteiger partial charge in [0.25, 0.3) is 5.91 Å². The third-order valence-corrected chi connectivity index (χ3v) is 8.90. The minimum atomic E-state index is -3.75. The van der Waals surface area contributed by atoms with Crippen molar-refractivity contribution in [3.63, 3.8) is 0 Å². The maximum absolute atomic E-state index is 14.1. The molecule has 0 bridgehead atoms. The van der Waals surface area contributed by atoms with Gasteiger partial charge in [-0.1, -0.05) is 49.4 Å². The molecule has 7 heteroatoms. The monoisotopic (exact) mass is 479 g/mol. The van der Waals surface area contributed by atoms with Gasteiger partial charge in [-0.2, -0.15) is 4.31 Å². The second kappa shape index (κ2) is 10.3. The molecule has 3 aromatic carbocycles. The molecule has 0 aliphatic carbocycles. The van der Waals surface area contributed by atoms with Crippen molar-refractivity contribution in [2.45, 2.75) is 57.0 Å². The molecular formula is C27H33N3O3S. The molecule has 1 aliphatic heterocycles. The van der Waals surface area contributed by atoms with Gasteiger partial charge in [0.2, 0.25) is 10.0 Å². The third kappa shape index (κ3) is 4.73. The molecule has 2 N–H and O–H groups in total. The number of carbonyl (C=O) groups excluding carboxylic acids is 1. The van der Waals surface area contributed by atoms with Gasteiger partial charge < -0.3 is 10.6 Å². The maximum atomic E-state index is 14.1. The molecule has 1 atom stereocenters. The topological polar surface area (TPSA) is 78.5 Å². The number of benzene rings is 3. The van der Waals surface area contributed by atoms with E-state index in [1.54, 1.807) is 22.5 Å². The molecule has 6 nitrogen and oxygen atoms in total. The minimum absolute atomic E-state index is 0.0274. The fourth-order valence-corrected chi connectivity index (χ4v) is 6.92. The number of sulfonamides is 1. The van der Waals surface area contributed by atoms with Crippen molar-refractivity contribution < 1.29 is 13.2 Å². The molecular weight excluding hydrogens is 446 g/mol. The number of nitrogens with one attached hydrogen (secondary N) is 2. The van der Waals surface area contributed by atoms with Crippen molar-refractivity contribution in [1.82, 2.24) is 9.62 Å². The van der Waals surface area contributed by atoms with E-state index in [0.29, 0.717) is 22.0 Å². The zero-order chi connectivity index (χ0) is 24.3. The van der Waals surface area contributed by atoms with Gasteiger partial charge in [-0.25, -0.2) is 8.42 Å². The Labute approximate surface area is 202 Å². The van der Waals surface area contributed by atoms with Crippen LogP contribution in [-0.2, 0) is 10.0 Å². The van der Waals surface area contributed by atoms with Crippen molar-refractivity contribution >= 4 is 32.4 Å². The summed E-state index contributed by atoms with van der Waals surface area (Å²) in [6.45, 7) is 7.54. The zero-order valence-corrected chi connectivity index (χ0v) is 20.9. The number of amides is 1. The highest BCUT2D eigenvalue weighted by Gasteiger charge is 2.36. The number of hydrogen-bond donors (Lipinski definition) is 2. The summed E-state index contributed by atoms with van der Waals surface area (Å²) in [5.74, 6) is -0.213. The lowest BCUT2D eigenvalue weighted by Crippen LogP contribution is -2.49. The maximum Gasteiger partial charge on any atom is 0.255 e. The standard InChI is InChI=1S/C27H33N3O3S/c1-4-20(3)30(21-15-17-28-18-16-21)34(32,33)26-14-13-25(23-11-7-8-12-24(23)26)29-27(31)22-10-6-5-9-19(22)2/h5-14,20-21,28H,4,15-18H2,1-3H3,(H,29,31). The molecule has 34 heavy (non-hydrogen) atoms. The number of hydrogen-bond acceptors (Lipinski definition) is 4. The summed E-state index contributed by atoms with van der Waals surface area (Å²) in [6.07, 6.45) is 2.34. The van der Waals surface area contributed by atoms with Gasteiger partial charge in [0.05, 0.1) is 4.90 Å². The molecule has 1 heterocycles. The number of anilines is 1. The van der Waals surface area contributed by atoms with E-state index in [4.69, 9.17) is 0 Å². The first kappa shape index (κ1) is 24.4. The van der Waals surface area contributed by atoms with Crippen molar-refractivity contribution in [3.05, 3.63) is 71.8 Å². The Morgan fingerprint density at radius 1 is 1.03 bits per heavy atom. The SMILES string of the molecule is CCC(C)N(C1CCNCC1)S(=O)(=O)c1ccc(NC(=O)c2ccccc2C)c2ccccc12. The van der Waals surface area contributed by atoms with Crippen LogP contribution in [0.15, 0.2) is 65.6 Å². The Morgan fingerprint density at radius 3 is 2.35 bits per heavy atom. The van der Waals surface area contributed by atoms with Gasteiger partial charge in [0.15, 0.2) is 0 Å². The van der Waals surface area contributed by atoms with Crippen molar-refractivity contribution in [3.8, 4) is 0 Å². The van der Waals surface area contributed by atoms with Gasteiger partial charge in [-0.05, 0) is 70.0 Å². The molecule has 0 aromatic heterocycles. The first-order valence-corrected chi connectivity index (χ1v) is 13.4. The van der Waals surface area contributed by atoms with Crippen LogP contribution in [-0.4, -0.2) is 43.8 Å². The number of rotatable bonds is 7. The molecule has 0 radical (unpaired) electrons. The van der Waals surface area contributed by atoms with Crippen LogP contribution in [0.2, 0.25) is 0 Å². The third-order valence-electron chi connectivity index (χ3n) is 6.77. The van der Waals surface area contributed by atoms with E-state index in [2.05, 4.69) is 10.6 Å². The van der Waals surface area contributed by atoms with Crippen LogP contribution in [0.5, 0.6) is 0 Å². The Kier molecular flexibility index (Phi) is 7.36. The summed E-state index contributed by atoms with van der Waals surface area (Å²) in [6, 6.07) is 18.0. The van der Waals surface area contributed by atoms with Gasteiger partial charge >= 0.3 is 0 Å². The molecule has 1 fully saturated rings. The van der Waals surface area contributed by atoms with Gasteiger partial charge in [-0.3, -0.25) is 4.79 Å². The lowest BCUT2D eigenvalue weighted by Gasteiger charge is -2.37. The Morgan fingerprint density at radius 2 is 1.68 bits per heavy atom. The van der Waals surface area contributed by atoms with Crippen LogP contribution in [0.1, 0.15) is 49.0 Å². The second-order valence-corrected chi connectivity index (χ2v) is 10.8. The van der Waals surface area contributed by atoms with Gasteiger partial charge in [-0.15, -0.1) is 0 Å². The van der Waals surface area contributed by atoms with Crippen LogP contribution in [0.25, 0.3) is 10.8 Å². The summed E-state index contributed by atoms with van der Waals surface area (Å²) in [4.78, 5) is 13.2. The molecule has 1 amide bonds. The second-order valence-electron chi connectivity index (χ2n) is 9.00. The predicted molar refractivity (Wildman–Crippen MR) is 138 cm³/mol. The molecule has 1 saturated heterocycles. The normalized spacial score (nSPS) is 16.0. The summed E-state index contributed by atoms with van der Waals surface area (Å²) in [5, 5.41) is 7.65. The van der Waals surface area contributed by atoms with Gasteiger partial charge in [0.1, 0.15) is 0 Å². The summed E-state index contributed by atoms with van der Waals surface area (Å²) in [7, 11) is -3.75. The van der Waals surface area contributed by atoms with E-state index >= 15 is 0 Å². The highest BCUT2D eigenvalue weighted by molar-refractivity contribution is 7.89. The van der Waals surface area contributed by atoms with Crippen LogP contribution in [0.3, 0.4) is 0 Å². The van der Waals surface area contributed by atoms with E-state index in [0.717, 1.165) is 37.9 Å². The Balaban J connectivity index is 1.76. The first-order chi connectivity index (χ1) is 16.3. The first-order valence-electron chi connectivity index (χ1n) is 12.0. The fraction of sp³-hybridized carbons (Fsp3) is 0.370. The molecule has 4 rings (SSSR count). The lowest BCUT2D eigenvalue weighted by molar-refractivity contribution is 0.102. The molecule has 3 aromatic rings. The average molecular weight is 480 g/mol. The Bertz CT molecular complexity index is 1280. The van der Waals surface area contributed by atoms with E-state index in [-0.39, 0.29) is 22.9 Å². The molecule has 1 unspecified atom stereocenters. The van der Waals surface area contributed by atoms with Crippen LogP contribution >= 0.6 is 0 Å². The quantitative estimate of drug-likeness (QED) is 0.503. The van der Waals surface area contributed by atoms with E-state index in [1.165, 1.54) is 0 Å². The highest BCUT2D eigenvalue weighted by Crippen LogP contribution is 2.34. The molecule has 1 aliphatic rings. The minimum Gasteiger partial charge on any atom is -0.321 e. The average Bonchev–Trinajstić information content (AvgIpc) is 2.84. The van der Waals surface area contributed by atoms with Crippen molar-refractivity contribution in [2.24, 2.45) is 0 Å². The zero-order valence-electron chi connectivity index (χ0n) is 20.0. The lowest BCUT2D eigenvalue weighted by atomic mass is 10.1. The Hall–Kier alpha value is -2.74. The van der Waals surface area contributed by atoms with Crippen LogP contribution < -0.4 is 10.6 Å². The predicted octanol–water partition coefficient (Wildman–Crippen LogP) is 4.94. The van der Waals surface area contributed by atoms with E-state index < -0.39 is 10.0 Å². The number of aryl methyl sites for hydroxylation is 1. The fourth-order valence-electron chi connectivity index (χ4n) is 4.77. The summed E-state index contributed by atoms with van der Waals surface area (Å²) < 4.78 is 29.9. The van der Waals surface area contributed by atoms with Crippen molar-refractivity contribution in [2.75, 3.05) is 18.4 Å². The summed E-state index contributed by atoms with van der Waals surface area (Å²) in [5.41, 5.74) is 2.08. The van der Waals surface area contributed by atoms with Crippen molar-refractivity contribution in [1.29, 1.82) is 0 Å². The van der Waals surface area contributed by atoms with Crippen LogP contribution in [0, 0.1) is 6.92 Å².